The van der Waals surface area contributed by atoms with Gasteiger partial charge in [0.2, 0.25) is 0 Å². The number of fused-ring (bicyclic) bond motifs is 1. The van der Waals surface area contributed by atoms with Crippen LogP contribution in [-0.2, 0) is 7.05 Å². The van der Waals surface area contributed by atoms with Crippen molar-refractivity contribution in [3.63, 3.8) is 0 Å². The molecule has 7 heteroatoms. The summed E-state index contributed by atoms with van der Waals surface area (Å²) in [5, 5.41) is 17.4. The van der Waals surface area contributed by atoms with E-state index < -0.39 is 12.1 Å². The quantitative estimate of drug-likeness (QED) is 0.632. The Balaban J connectivity index is 1.59. The van der Waals surface area contributed by atoms with Crippen molar-refractivity contribution in [2.24, 2.45) is 7.05 Å². The zero-order valence-corrected chi connectivity index (χ0v) is 15.0. The molecule has 3 N–H and O–H groups in total. The fraction of sp³-hybridized carbons (Fsp3) is 0.167. The molecule has 0 saturated carbocycles. The molecule has 0 unspecified atom stereocenters. The maximum Gasteiger partial charge on any atom is 0.319 e. The molecule has 3 rings (SSSR count). The number of urea groups is 1. The van der Waals surface area contributed by atoms with Gasteiger partial charge in [-0.25, -0.2) is 4.79 Å². The summed E-state index contributed by atoms with van der Waals surface area (Å²) in [6.07, 6.45) is 1.16. The Kier molecular flexibility index (Phi) is 5.18. The molecule has 2 aromatic carbocycles. The molecule has 0 saturated heterocycles. The maximum absolute atomic E-state index is 11.9. The highest BCUT2D eigenvalue weighted by Gasteiger charge is 2.11. The number of aliphatic hydroxyl groups excluding tert-OH is 1. The van der Waals surface area contributed by atoms with Crippen molar-refractivity contribution in [2.75, 3.05) is 11.9 Å². The SMILES string of the molecule is Cn1ccc2cc([C@@H](O)CNC(=O)Nc3ccc(Cl)c(Cl)c3)ccc21. The summed E-state index contributed by atoms with van der Waals surface area (Å²) in [5.41, 5.74) is 2.35. The minimum atomic E-state index is -0.802. The Morgan fingerprint density at radius 1 is 1.16 bits per heavy atom. The largest absolute Gasteiger partial charge is 0.387 e. The van der Waals surface area contributed by atoms with Crippen molar-refractivity contribution in [3.05, 3.63) is 64.3 Å². The predicted molar refractivity (Wildman–Crippen MR) is 101 cm³/mol. The Hall–Kier alpha value is -2.21. The average Bonchev–Trinajstić information content (AvgIpc) is 2.96. The van der Waals surface area contributed by atoms with Gasteiger partial charge in [0.15, 0.2) is 0 Å². The minimum absolute atomic E-state index is 0.0888. The van der Waals surface area contributed by atoms with E-state index in [1.807, 2.05) is 42.1 Å². The van der Waals surface area contributed by atoms with Gasteiger partial charge in [0.1, 0.15) is 0 Å². The number of halogens is 2. The fourth-order valence-electron chi connectivity index (χ4n) is 2.56. The molecule has 0 aliphatic heterocycles. The first-order chi connectivity index (χ1) is 11.9. The number of hydrogen-bond acceptors (Lipinski definition) is 2. The van der Waals surface area contributed by atoms with Crippen molar-refractivity contribution >= 4 is 45.8 Å². The highest BCUT2D eigenvalue weighted by Crippen LogP contribution is 2.25. The van der Waals surface area contributed by atoms with Gasteiger partial charge in [-0.2, -0.15) is 0 Å². The summed E-state index contributed by atoms with van der Waals surface area (Å²) >= 11 is 11.7. The van der Waals surface area contributed by atoms with Crippen LogP contribution < -0.4 is 10.6 Å². The third kappa shape index (κ3) is 4.07. The van der Waals surface area contributed by atoms with Gasteiger partial charge < -0.3 is 20.3 Å². The van der Waals surface area contributed by atoms with Gasteiger partial charge in [-0.1, -0.05) is 29.3 Å². The van der Waals surface area contributed by atoms with Crippen molar-refractivity contribution in [1.82, 2.24) is 9.88 Å². The molecule has 0 aliphatic carbocycles. The molecule has 3 aromatic rings. The number of benzene rings is 2. The normalized spacial score (nSPS) is 12.2. The van der Waals surface area contributed by atoms with E-state index in [2.05, 4.69) is 10.6 Å². The average molecular weight is 378 g/mol. The van der Waals surface area contributed by atoms with Crippen LogP contribution in [0.25, 0.3) is 10.9 Å². The minimum Gasteiger partial charge on any atom is -0.387 e. The molecular formula is C18H17Cl2N3O2. The number of anilines is 1. The van der Waals surface area contributed by atoms with Gasteiger partial charge in [-0.05, 0) is 47.3 Å². The first-order valence-electron chi connectivity index (χ1n) is 7.67. The second kappa shape index (κ2) is 7.35. The Labute approximate surface area is 155 Å². The van der Waals surface area contributed by atoms with Crippen LogP contribution in [0.1, 0.15) is 11.7 Å². The molecule has 1 aromatic heterocycles. The molecule has 0 fully saturated rings. The van der Waals surface area contributed by atoms with Crippen LogP contribution in [0, 0.1) is 0 Å². The Morgan fingerprint density at radius 3 is 2.72 bits per heavy atom. The topological polar surface area (TPSA) is 66.3 Å². The monoisotopic (exact) mass is 377 g/mol. The third-order valence-electron chi connectivity index (χ3n) is 3.93. The zero-order chi connectivity index (χ0) is 18.0. The number of aryl methyl sites for hydroxylation is 1. The standard InChI is InChI=1S/C18H17Cl2N3O2/c1-23-7-6-11-8-12(2-5-16(11)23)17(24)10-21-18(25)22-13-3-4-14(19)15(20)9-13/h2-9,17,24H,10H2,1H3,(H2,21,22,25)/t17-/m0/s1. The van der Waals surface area contributed by atoms with Crippen molar-refractivity contribution in [1.29, 1.82) is 0 Å². The van der Waals surface area contributed by atoms with Crippen LogP contribution >= 0.6 is 23.2 Å². The summed E-state index contributed by atoms with van der Waals surface area (Å²) in [6.45, 7) is 0.0888. The Morgan fingerprint density at radius 2 is 1.96 bits per heavy atom. The van der Waals surface area contributed by atoms with Crippen LogP contribution in [0.15, 0.2) is 48.7 Å². The van der Waals surface area contributed by atoms with Gasteiger partial charge in [0.25, 0.3) is 0 Å². The third-order valence-corrected chi connectivity index (χ3v) is 4.67. The molecule has 0 aliphatic rings. The lowest BCUT2D eigenvalue weighted by molar-refractivity contribution is 0.175. The summed E-state index contributed by atoms with van der Waals surface area (Å²) in [7, 11) is 1.97. The molecule has 1 atom stereocenters. The van der Waals surface area contributed by atoms with Crippen LogP contribution in [-0.4, -0.2) is 22.2 Å². The van der Waals surface area contributed by atoms with E-state index in [4.69, 9.17) is 23.2 Å². The van der Waals surface area contributed by atoms with Gasteiger partial charge in [0, 0.05) is 31.0 Å². The van der Waals surface area contributed by atoms with Gasteiger partial charge in [-0.15, -0.1) is 0 Å². The lowest BCUT2D eigenvalue weighted by Crippen LogP contribution is -2.32. The highest BCUT2D eigenvalue weighted by atomic mass is 35.5. The number of rotatable bonds is 4. The molecular weight excluding hydrogens is 361 g/mol. The molecule has 0 spiro atoms. The fourth-order valence-corrected chi connectivity index (χ4v) is 2.86. The first kappa shape index (κ1) is 17.6. The zero-order valence-electron chi connectivity index (χ0n) is 13.5. The van der Waals surface area contributed by atoms with Gasteiger partial charge in [-0.3, -0.25) is 0 Å². The van der Waals surface area contributed by atoms with Crippen molar-refractivity contribution in [3.8, 4) is 0 Å². The second-order valence-corrected chi connectivity index (χ2v) is 6.54. The Bertz CT molecular complexity index is 924. The van der Waals surface area contributed by atoms with E-state index in [1.54, 1.807) is 18.2 Å². The van der Waals surface area contributed by atoms with Gasteiger partial charge >= 0.3 is 6.03 Å². The second-order valence-electron chi connectivity index (χ2n) is 5.72. The highest BCUT2D eigenvalue weighted by molar-refractivity contribution is 6.42. The molecule has 2 amide bonds. The van der Waals surface area contributed by atoms with E-state index in [9.17, 15) is 9.90 Å². The number of aliphatic hydroxyl groups is 1. The van der Waals surface area contributed by atoms with Crippen LogP contribution in [0.2, 0.25) is 10.0 Å². The molecule has 130 valence electrons. The van der Waals surface area contributed by atoms with E-state index in [0.29, 0.717) is 15.7 Å². The van der Waals surface area contributed by atoms with Gasteiger partial charge in [0.05, 0.1) is 16.1 Å². The number of carbonyl (C=O) groups is 1. The van der Waals surface area contributed by atoms with E-state index in [0.717, 1.165) is 16.5 Å². The van der Waals surface area contributed by atoms with E-state index in [1.165, 1.54) is 0 Å². The number of nitrogens with zero attached hydrogens (tertiary/aromatic N) is 1. The molecule has 5 nitrogen and oxygen atoms in total. The first-order valence-corrected chi connectivity index (χ1v) is 8.42. The smallest absolute Gasteiger partial charge is 0.319 e. The summed E-state index contributed by atoms with van der Waals surface area (Å²) in [5.74, 6) is 0. The number of carbonyl (C=O) groups excluding carboxylic acids is 1. The molecule has 0 bridgehead atoms. The van der Waals surface area contributed by atoms with Crippen LogP contribution in [0.3, 0.4) is 0 Å². The molecule has 1 heterocycles. The number of hydrogen-bond donors (Lipinski definition) is 3. The number of aromatic nitrogens is 1. The molecule has 0 radical (unpaired) electrons. The number of amides is 2. The maximum atomic E-state index is 11.9. The van der Waals surface area contributed by atoms with Crippen molar-refractivity contribution < 1.29 is 9.90 Å². The lowest BCUT2D eigenvalue weighted by atomic mass is 10.1. The summed E-state index contributed by atoms with van der Waals surface area (Å²) < 4.78 is 2.01. The lowest BCUT2D eigenvalue weighted by Gasteiger charge is -2.13. The van der Waals surface area contributed by atoms with Crippen LogP contribution in [0.4, 0.5) is 10.5 Å². The van der Waals surface area contributed by atoms with Crippen molar-refractivity contribution in [2.45, 2.75) is 6.10 Å². The predicted octanol–water partition coefficient (Wildman–Crippen LogP) is 4.34. The summed E-state index contributed by atoms with van der Waals surface area (Å²) in [4.78, 5) is 11.9. The molecule has 25 heavy (non-hydrogen) atoms. The van der Waals surface area contributed by atoms with Crippen LogP contribution in [0.5, 0.6) is 0 Å². The summed E-state index contributed by atoms with van der Waals surface area (Å²) in [6, 6.07) is 12.1. The van der Waals surface area contributed by atoms with E-state index >= 15 is 0 Å². The van der Waals surface area contributed by atoms with E-state index in [-0.39, 0.29) is 6.54 Å². The number of nitrogens with one attached hydrogen (secondary N) is 2.